The summed E-state index contributed by atoms with van der Waals surface area (Å²) in [6.45, 7) is 4.28. The first-order valence-corrected chi connectivity index (χ1v) is 9.52. The summed E-state index contributed by atoms with van der Waals surface area (Å²) in [5, 5.41) is -0.114. The third kappa shape index (κ3) is 3.92. The van der Waals surface area contributed by atoms with Crippen LogP contribution in [-0.4, -0.2) is 50.0 Å². The van der Waals surface area contributed by atoms with E-state index in [0.717, 1.165) is 51.6 Å². The molecule has 19 heavy (non-hydrogen) atoms. The fraction of sp³-hybridized carbons (Fsp3) is 1.00. The Balaban J connectivity index is 1.89. The molecular formula is C14H28N2O2S. The predicted octanol–water partition coefficient (Wildman–Crippen LogP) is 1.40. The minimum atomic E-state index is -2.87. The lowest BCUT2D eigenvalue weighted by Gasteiger charge is -2.41. The second-order valence-electron chi connectivity index (χ2n) is 6.50. The van der Waals surface area contributed by atoms with Crippen LogP contribution in [0.3, 0.4) is 0 Å². The number of rotatable bonds is 3. The monoisotopic (exact) mass is 288 g/mol. The van der Waals surface area contributed by atoms with Gasteiger partial charge in [0.25, 0.3) is 0 Å². The molecule has 112 valence electrons. The molecule has 0 aromatic heterocycles. The van der Waals surface area contributed by atoms with Crippen LogP contribution < -0.4 is 5.73 Å². The average Bonchev–Trinajstić information content (AvgIpc) is 2.38. The second-order valence-corrected chi connectivity index (χ2v) is 8.83. The second kappa shape index (κ2) is 6.10. The Hall–Kier alpha value is -0.130. The summed E-state index contributed by atoms with van der Waals surface area (Å²) >= 11 is 0. The zero-order chi connectivity index (χ0) is 14.0. The molecule has 0 aromatic carbocycles. The van der Waals surface area contributed by atoms with Gasteiger partial charge in [0.2, 0.25) is 0 Å². The number of hydrogen-bond donors (Lipinski definition) is 1. The zero-order valence-electron chi connectivity index (χ0n) is 12.2. The van der Waals surface area contributed by atoms with Crippen LogP contribution in [0.5, 0.6) is 0 Å². The number of nitrogens with two attached hydrogens (primary N) is 1. The van der Waals surface area contributed by atoms with Gasteiger partial charge in [0.05, 0.1) is 5.25 Å². The molecule has 0 amide bonds. The molecule has 0 radical (unpaired) electrons. The van der Waals surface area contributed by atoms with Gasteiger partial charge in [0, 0.05) is 18.3 Å². The fourth-order valence-electron chi connectivity index (χ4n) is 3.65. The van der Waals surface area contributed by atoms with Crippen LogP contribution >= 0.6 is 0 Å². The van der Waals surface area contributed by atoms with Gasteiger partial charge in [0.15, 0.2) is 0 Å². The van der Waals surface area contributed by atoms with Crippen LogP contribution in [-0.2, 0) is 9.84 Å². The highest BCUT2D eigenvalue weighted by Gasteiger charge is 2.33. The van der Waals surface area contributed by atoms with Gasteiger partial charge in [-0.15, -0.1) is 0 Å². The van der Waals surface area contributed by atoms with E-state index >= 15 is 0 Å². The van der Waals surface area contributed by atoms with Gasteiger partial charge in [-0.1, -0.05) is 6.42 Å². The van der Waals surface area contributed by atoms with Crippen molar-refractivity contribution in [1.82, 2.24) is 4.90 Å². The molecule has 1 saturated heterocycles. The molecule has 3 atom stereocenters. The summed E-state index contributed by atoms with van der Waals surface area (Å²) in [6, 6.07) is 0.764. The van der Waals surface area contributed by atoms with Crippen LogP contribution in [0.4, 0.5) is 0 Å². The lowest BCUT2D eigenvalue weighted by molar-refractivity contribution is 0.102. The Labute approximate surface area is 117 Å². The molecule has 1 heterocycles. The van der Waals surface area contributed by atoms with Gasteiger partial charge < -0.3 is 10.6 Å². The highest BCUT2D eigenvalue weighted by atomic mass is 32.2. The molecule has 2 fully saturated rings. The maximum atomic E-state index is 11.7. The molecule has 0 spiro atoms. The third-order valence-corrected chi connectivity index (χ3v) is 6.68. The molecule has 2 rings (SSSR count). The van der Waals surface area contributed by atoms with Gasteiger partial charge in [-0.3, -0.25) is 0 Å². The molecule has 2 aliphatic rings. The van der Waals surface area contributed by atoms with Crippen molar-refractivity contribution < 1.29 is 8.42 Å². The van der Waals surface area contributed by atoms with Crippen LogP contribution in [0.15, 0.2) is 0 Å². The van der Waals surface area contributed by atoms with E-state index in [2.05, 4.69) is 11.8 Å². The number of nitrogens with zero attached hydrogens (tertiary/aromatic N) is 1. The molecular weight excluding hydrogens is 260 g/mol. The normalized spacial score (nSPS) is 33.2. The van der Waals surface area contributed by atoms with E-state index in [1.165, 1.54) is 6.26 Å². The molecule has 3 unspecified atom stereocenters. The van der Waals surface area contributed by atoms with E-state index in [-0.39, 0.29) is 11.3 Å². The summed E-state index contributed by atoms with van der Waals surface area (Å²) in [5.74, 6) is 0.644. The Morgan fingerprint density at radius 1 is 1.16 bits per heavy atom. The summed E-state index contributed by atoms with van der Waals surface area (Å²) < 4.78 is 23.4. The largest absolute Gasteiger partial charge is 0.328 e. The van der Waals surface area contributed by atoms with Gasteiger partial charge in [0.1, 0.15) is 9.84 Å². The van der Waals surface area contributed by atoms with Crippen molar-refractivity contribution in [2.24, 2.45) is 11.7 Å². The fourth-order valence-corrected chi connectivity index (χ4v) is 4.82. The van der Waals surface area contributed by atoms with Crippen LogP contribution in [0.2, 0.25) is 0 Å². The van der Waals surface area contributed by atoms with Gasteiger partial charge in [-0.25, -0.2) is 8.42 Å². The molecule has 4 nitrogen and oxygen atoms in total. The van der Waals surface area contributed by atoms with E-state index in [1.807, 2.05) is 0 Å². The van der Waals surface area contributed by atoms with E-state index in [0.29, 0.717) is 12.0 Å². The third-order valence-electron chi connectivity index (χ3n) is 5.04. The number of piperidine rings is 1. The smallest absolute Gasteiger partial charge is 0.150 e. The summed E-state index contributed by atoms with van der Waals surface area (Å²) in [5.41, 5.74) is 5.97. The van der Waals surface area contributed by atoms with Crippen LogP contribution in [0.25, 0.3) is 0 Å². The zero-order valence-corrected chi connectivity index (χ0v) is 13.0. The molecule has 1 saturated carbocycles. The van der Waals surface area contributed by atoms with Crippen molar-refractivity contribution in [3.05, 3.63) is 0 Å². The van der Waals surface area contributed by atoms with Crippen molar-refractivity contribution in [2.45, 2.75) is 62.8 Å². The Bertz CT molecular complexity index is 386. The molecule has 0 bridgehead atoms. The van der Waals surface area contributed by atoms with E-state index in [4.69, 9.17) is 5.73 Å². The Morgan fingerprint density at radius 2 is 1.79 bits per heavy atom. The maximum absolute atomic E-state index is 11.7. The molecule has 5 heteroatoms. The van der Waals surface area contributed by atoms with Crippen LogP contribution in [0, 0.1) is 5.92 Å². The maximum Gasteiger partial charge on any atom is 0.150 e. The lowest BCUT2D eigenvalue weighted by atomic mass is 9.87. The highest BCUT2D eigenvalue weighted by Crippen LogP contribution is 2.30. The van der Waals surface area contributed by atoms with Crippen molar-refractivity contribution in [2.75, 3.05) is 19.3 Å². The van der Waals surface area contributed by atoms with E-state index in [9.17, 15) is 8.42 Å². The summed E-state index contributed by atoms with van der Waals surface area (Å²) in [7, 11) is -2.87. The average molecular weight is 288 g/mol. The number of sulfone groups is 1. The predicted molar refractivity (Wildman–Crippen MR) is 78.8 cm³/mol. The first-order valence-electron chi connectivity index (χ1n) is 7.56. The van der Waals surface area contributed by atoms with Crippen molar-refractivity contribution >= 4 is 9.84 Å². The first-order chi connectivity index (χ1) is 8.88. The SMILES string of the molecule is CC(N)C1CCN(C2CCCC(S(C)(=O)=O)C2)CC1. The topological polar surface area (TPSA) is 63.4 Å². The molecule has 1 aliphatic carbocycles. The number of hydrogen-bond acceptors (Lipinski definition) is 4. The van der Waals surface area contributed by atoms with Crippen molar-refractivity contribution in [1.29, 1.82) is 0 Å². The minimum absolute atomic E-state index is 0.114. The molecule has 1 aliphatic heterocycles. The standard InChI is InChI=1S/C14H28N2O2S/c1-11(15)12-6-8-16(9-7-12)13-4-3-5-14(10-13)19(2,17)18/h11-14H,3-10,15H2,1-2H3. The minimum Gasteiger partial charge on any atom is -0.328 e. The summed E-state index contributed by atoms with van der Waals surface area (Å²) in [6.07, 6.45) is 7.62. The lowest BCUT2D eigenvalue weighted by Crippen LogP contribution is -2.47. The quantitative estimate of drug-likeness (QED) is 0.852. The van der Waals surface area contributed by atoms with Crippen LogP contribution in [0.1, 0.15) is 45.4 Å². The summed E-state index contributed by atoms with van der Waals surface area (Å²) in [4.78, 5) is 2.51. The molecule has 0 aromatic rings. The van der Waals surface area contributed by atoms with Gasteiger partial charge in [-0.2, -0.15) is 0 Å². The first kappa shape index (κ1) is 15.3. The number of likely N-dealkylation sites (tertiary alicyclic amines) is 1. The molecule has 2 N–H and O–H groups in total. The van der Waals surface area contributed by atoms with Crippen molar-refractivity contribution in [3.8, 4) is 0 Å². The van der Waals surface area contributed by atoms with Gasteiger partial charge in [-0.05, 0) is 58.0 Å². The Morgan fingerprint density at radius 3 is 2.32 bits per heavy atom. The van der Waals surface area contributed by atoms with Gasteiger partial charge >= 0.3 is 0 Å². The van der Waals surface area contributed by atoms with Crippen molar-refractivity contribution in [3.63, 3.8) is 0 Å². The van der Waals surface area contributed by atoms with E-state index in [1.54, 1.807) is 0 Å². The highest BCUT2D eigenvalue weighted by molar-refractivity contribution is 7.91. The Kier molecular flexibility index (Phi) is 4.90. The van der Waals surface area contributed by atoms with E-state index < -0.39 is 9.84 Å².